The molecule has 1 fully saturated rings. The highest BCUT2D eigenvalue weighted by molar-refractivity contribution is 7.80. The summed E-state index contributed by atoms with van der Waals surface area (Å²) >= 11 is -1.71. The van der Waals surface area contributed by atoms with E-state index >= 15 is 0 Å². The number of benzene rings is 1. The third-order valence-electron chi connectivity index (χ3n) is 2.59. The fourth-order valence-electron chi connectivity index (χ4n) is 1.70. The topological polar surface area (TPSA) is 26.3 Å². The Morgan fingerprint density at radius 1 is 1.25 bits per heavy atom. The van der Waals surface area contributed by atoms with Crippen molar-refractivity contribution >= 4 is 11.1 Å². The largest absolute Gasteiger partial charge is 0.280 e. The van der Waals surface area contributed by atoms with Crippen LogP contribution in [0.4, 0.5) is 8.78 Å². The van der Waals surface area contributed by atoms with Gasteiger partial charge in [0.1, 0.15) is 18.1 Å². The van der Waals surface area contributed by atoms with E-state index in [1.54, 1.807) is 0 Å². The molecule has 1 aromatic carbocycles. The summed E-state index contributed by atoms with van der Waals surface area (Å²) in [5.74, 6) is -0.398. The normalized spacial score (nSPS) is 26.9. The van der Waals surface area contributed by atoms with E-state index in [4.69, 9.17) is 4.18 Å². The molecule has 2 nitrogen and oxygen atoms in total. The lowest BCUT2D eigenvalue weighted by Gasteiger charge is -2.12. The number of halogens is 2. The lowest BCUT2D eigenvalue weighted by molar-refractivity contribution is 0.140. The zero-order chi connectivity index (χ0) is 11.5. The van der Waals surface area contributed by atoms with E-state index in [1.165, 1.54) is 24.3 Å². The van der Waals surface area contributed by atoms with Crippen LogP contribution in [0.5, 0.6) is 0 Å². The summed E-state index contributed by atoms with van der Waals surface area (Å²) in [5, 5.41) is 0. The van der Waals surface area contributed by atoms with Crippen molar-refractivity contribution in [3.63, 3.8) is 0 Å². The summed E-state index contributed by atoms with van der Waals surface area (Å²) in [6.07, 6.45) is 0.182. The van der Waals surface area contributed by atoms with Gasteiger partial charge in [-0.1, -0.05) is 0 Å². The lowest BCUT2D eigenvalue weighted by atomic mass is 10.3. The summed E-state index contributed by atoms with van der Waals surface area (Å²) in [5.41, 5.74) is 0. The molecule has 1 aliphatic carbocycles. The van der Waals surface area contributed by atoms with Crippen molar-refractivity contribution in [3.05, 3.63) is 30.1 Å². The van der Waals surface area contributed by atoms with E-state index in [2.05, 4.69) is 0 Å². The first-order valence-electron chi connectivity index (χ1n) is 5.15. The van der Waals surface area contributed by atoms with Crippen LogP contribution in [-0.2, 0) is 15.3 Å². The van der Waals surface area contributed by atoms with Gasteiger partial charge in [-0.05, 0) is 43.5 Å². The third-order valence-corrected chi connectivity index (χ3v) is 3.67. The van der Waals surface area contributed by atoms with Crippen molar-refractivity contribution < 1.29 is 17.2 Å². The average molecular weight is 246 g/mol. The number of hydrogen-bond acceptors (Lipinski definition) is 2. The minimum Gasteiger partial charge on any atom is -0.280 e. The van der Waals surface area contributed by atoms with Crippen LogP contribution >= 0.6 is 0 Å². The zero-order valence-electron chi connectivity index (χ0n) is 8.57. The summed E-state index contributed by atoms with van der Waals surface area (Å²) < 4.78 is 42.6. The summed E-state index contributed by atoms with van der Waals surface area (Å²) in [6.45, 7) is 0. The SMILES string of the molecule is O=S(OC1CCCC1F)c1ccc(F)cc1. The Kier molecular flexibility index (Phi) is 3.66. The minimum atomic E-state index is -1.71. The second kappa shape index (κ2) is 5.01. The lowest BCUT2D eigenvalue weighted by Crippen LogP contribution is -2.20. The molecule has 88 valence electrons. The molecule has 0 saturated heterocycles. The van der Waals surface area contributed by atoms with Crippen LogP contribution in [0.1, 0.15) is 19.3 Å². The van der Waals surface area contributed by atoms with Gasteiger partial charge in [0.15, 0.2) is 11.1 Å². The van der Waals surface area contributed by atoms with Crippen LogP contribution in [0.15, 0.2) is 29.2 Å². The van der Waals surface area contributed by atoms with Crippen molar-refractivity contribution in [1.82, 2.24) is 0 Å². The van der Waals surface area contributed by atoms with Crippen LogP contribution in [0.3, 0.4) is 0 Å². The summed E-state index contributed by atoms with van der Waals surface area (Å²) in [6, 6.07) is 5.18. The van der Waals surface area contributed by atoms with Gasteiger partial charge in [0, 0.05) is 0 Å². The molecule has 0 N–H and O–H groups in total. The summed E-state index contributed by atoms with van der Waals surface area (Å²) in [4.78, 5) is 0.362. The predicted octanol–water partition coefficient (Wildman–Crippen LogP) is 2.76. The van der Waals surface area contributed by atoms with Crippen LogP contribution < -0.4 is 0 Å². The maximum atomic E-state index is 13.2. The molecule has 5 heteroatoms. The molecule has 3 atom stereocenters. The van der Waals surface area contributed by atoms with Gasteiger partial charge in [-0.2, -0.15) is 0 Å². The molecular weight excluding hydrogens is 234 g/mol. The summed E-state index contributed by atoms with van der Waals surface area (Å²) in [7, 11) is 0. The molecule has 1 aromatic rings. The molecule has 0 heterocycles. The number of hydrogen-bond donors (Lipinski definition) is 0. The van der Waals surface area contributed by atoms with Gasteiger partial charge < -0.3 is 0 Å². The first kappa shape index (κ1) is 11.7. The highest BCUT2D eigenvalue weighted by Crippen LogP contribution is 2.26. The molecule has 16 heavy (non-hydrogen) atoms. The Morgan fingerprint density at radius 3 is 2.50 bits per heavy atom. The Labute approximate surface area is 95.3 Å². The van der Waals surface area contributed by atoms with Crippen molar-refractivity contribution in [2.75, 3.05) is 0 Å². The van der Waals surface area contributed by atoms with E-state index in [-0.39, 0.29) is 0 Å². The molecule has 2 rings (SSSR count). The first-order valence-corrected chi connectivity index (χ1v) is 6.23. The van der Waals surface area contributed by atoms with Gasteiger partial charge in [0.05, 0.1) is 4.90 Å². The fraction of sp³-hybridized carbons (Fsp3) is 0.455. The fourth-order valence-corrected chi connectivity index (χ4v) is 2.61. The highest BCUT2D eigenvalue weighted by Gasteiger charge is 2.29. The van der Waals surface area contributed by atoms with Gasteiger partial charge in [-0.25, -0.2) is 13.0 Å². The van der Waals surface area contributed by atoms with Crippen LogP contribution in [0.25, 0.3) is 0 Å². The van der Waals surface area contributed by atoms with Crippen molar-refractivity contribution in [1.29, 1.82) is 0 Å². The number of rotatable bonds is 3. The van der Waals surface area contributed by atoms with Crippen LogP contribution in [0.2, 0.25) is 0 Å². The molecule has 0 bridgehead atoms. The molecule has 0 aliphatic heterocycles. The van der Waals surface area contributed by atoms with Gasteiger partial charge in [0.25, 0.3) is 0 Å². The van der Waals surface area contributed by atoms with E-state index in [0.29, 0.717) is 17.7 Å². The second-order valence-electron chi connectivity index (χ2n) is 3.77. The highest BCUT2D eigenvalue weighted by atomic mass is 32.2. The maximum Gasteiger partial charge on any atom is 0.189 e. The standard InChI is InChI=1S/C11H12F2O2S/c12-8-4-6-9(7-5-8)16(14)15-11-3-1-2-10(11)13/h4-7,10-11H,1-3H2. The van der Waals surface area contributed by atoms with Crippen LogP contribution in [-0.4, -0.2) is 16.5 Å². The van der Waals surface area contributed by atoms with Gasteiger partial charge >= 0.3 is 0 Å². The Morgan fingerprint density at radius 2 is 1.94 bits per heavy atom. The monoisotopic (exact) mass is 246 g/mol. The minimum absolute atomic E-state index is 0.362. The molecule has 1 aliphatic rings. The molecule has 3 unspecified atom stereocenters. The maximum absolute atomic E-state index is 13.2. The molecule has 0 amide bonds. The quantitative estimate of drug-likeness (QED) is 0.819. The average Bonchev–Trinajstić information content (AvgIpc) is 2.65. The predicted molar refractivity (Wildman–Crippen MR) is 56.4 cm³/mol. The number of alkyl halides is 1. The molecule has 0 radical (unpaired) electrons. The second-order valence-corrected chi connectivity index (χ2v) is 4.90. The van der Waals surface area contributed by atoms with E-state index in [0.717, 1.165) is 6.42 Å². The van der Waals surface area contributed by atoms with Gasteiger partial charge in [-0.3, -0.25) is 4.18 Å². The van der Waals surface area contributed by atoms with Crippen LogP contribution in [0, 0.1) is 5.82 Å². The van der Waals surface area contributed by atoms with Crippen molar-refractivity contribution in [3.8, 4) is 0 Å². The smallest absolute Gasteiger partial charge is 0.189 e. The van der Waals surface area contributed by atoms with E-state index in [1.807, 2.05) is 0 Å². The molecule has 0 spiro atoms. The Bertz CT molecular complexity index is 380. The van der Waals surface area contributed by atoms with Crippen molar-refractivity contribution in [2.24, 2.45) is 0 Å². The van der Waals surface area contributed by atoms with Gasteiger partial charge in [0.2, 0.25) is 0 Å². The Hall–Kier alpha value is -0.810. The third kappa shape index (κ3) is 2.65. The first-order chi connectivity index (χ1) is 7.66. The Balaban J connectivity index is 2.00. The molecular formula is C11H12F2O2S. The van der Waals surface area contributed by atoms with E-state index < -0.39 is 29.2 Å². The van der Waals surface area contributed by atoms with Crippen molar-refractivity contribution in [2.45, 2.75) is 36.4 Å². The zero-order valence-corrected chi connectivity index (χ0v) is 9.38. The molecule has 0 aromatic heterocycles. The molecule has 1 saturated carbocycles. The van der Waals surface area contributed by atoms with Gasteiger partial charge in [-0.15, -0.1) is 0 Å². The van der Waals surface area contributed by atoms with E-state index in [9.17, 15) is 13.0 Å².